The molecule has 24 heavy (non-hydrogen) atoms. The van der Waals surface area contributed by atoms with Crippen molar-refractivity contribution in [2.75, 3.05) is 16.8 Å². The highest BCUT2D eigenvalue weighted by Gasteiger charge is 2.17. The van der Waals surface area contributed by atoms with E-state index < -0.39 is 17.6 Å². The minimum Gasteiger partial charge on any atom is -0.323 e. The Hall–Kier alpha value is -2.91. The number of rotatable bonds is 4. The molecule has 1 N–H and O–H groups in total. The van der Waals surface area contributed by atoms with Gasteiger partial charge in [0.05, 0.1) is 16.3 Å². The van der Waals surface area contributed by atoms with E-state index in [2.05, 4.69) is 5.32 Å². The Labute approximate surface area is 143 Å². The van der Waals surface area contributed by atoms with Gasteiger partial charge in [0.15, 0.2) is 0 Å². The normalized spacial score (nSPS) is 9.92. The van der Waals surface area contributed by atoms with Gasteiger partial charge < -0.3 is 10.2 Å². The molecule has 0 bridgehead atoms. The first kappa shape index (κ1) is 17.4. The number of anilines is 2. The molecule has 2 aromatic rings. The summed E-state index contributed by atoms with van der Waals surface area (Å²) in [5, 5.41) is 11.5. The lowest BCUT2D eigenvalue weighted by Crippen LogP contribution is -2.36. The van der Waals surface area contributed by atoms with Crippen molar-refractivity contribution in [3.63, 3.8) is 0 Å². The predicted molar refractivity (Wildman–Crippen MR) is 89.2 cm³/mol. The molecule has 0 aromatic heterocycles. The number of carbonyl (C=O) groups excluding carboxylic acids is 2. The highest BCUT2D eigenvalue weighted by atomic mass is 35.5. The van der Waals surface area contributed by atoms with Gasteiger partial charge in [0.2, 0.25) is 11.8 Å². The molecule has 0 radical (unpaired) electrons. The Bertz CT molecular complexity index is 833. The van der Waals surface area contributed by atoms with Gasteiger partial charge in [-0.25, -0.2) is 4.39 Å². The van der Waals surface area contributed by atoms with Crippen LogP contribution < -0.4 is 10.2 Å². The Morgan fingerprint density at radius 2 is 2.00 bits per heavy atom. The molecule has 0 atom stereocenters. The molecule has 7 heteroatoms. The number of halogens is 2. The second-order valence-corrected chi connectivity index (χ2v) is 5.32. The molecule has 2 rings (SSSR count). The molecule has 2 amide bonds. The second kappa shape index (κ2) is 7.57. The van der Waals surface area contributed by atoms with Gasteiger partial charge in [-0.05, 0) is 30.3 Å². The van der Waals surface area contributed by atoms with E-state index in [-0.39, 0.29) is 11.6 Å². The molecule has 0 spiro atoms. The summed E-state index contributed by atoms with van der Waals surface area (Å²) in [6.45, 7) is 0.991. The van der Waals surface area contributed by atoms with Crippen LogP contribution in [0.25, 0.3) is 0 Å². The summed E-state index contributed by atoms with van der Waals surface area (Å²) in [7, 11) is 0. The number of carbonyl (C=O) groups is 2. The van der Waals surface area contributed by atoms with E-state index in [9.17, 15) is 14.0 Å². The molecule has 0 heterocycles. The van der Waals surface area contributed by atoms with Gasteiger partial charge >= 0.3 is 0 Å². The fraction of sp³-hybridized carbons (Fsp3) is 0.118. The molecular formula is C17H13ClFN3O2. The van der Waals surface area contributed by atoms with Crippen LogP contribution in [-0.4, -0.2) is 18.4 Å². The number of nitrogens with zero attached hydrogens (tertiary/aromatic N) is 2. The molecule has 0 saturated heterocycles. The first-order valence-corrected chi connectivity index (χ1v) is 7.32. The molecule has 122 valence electrons. The first-order valence-electron chi connectivity index (χ1n) is 6.94. The van der Waals surface area contributed by atoms with Crippen molar-refractivity contribution in [2.24, 2.45) is 0 Å². The van der Waals surface area contributed by atoms with Crippen molar-refractivity contribution in [3.8, 4) is 6.07 Å². The maximum Gasteiger partial charge on any atom is 0.244 e. The number of nitrogens with one attached hydrogen (secondary N) is 1. The number of nitriles is 1. The lowest BCUT2D eigenvalue weighted by Gasteiger charge is -2.21. The molecular weight excluding hydrogens is 333 g/mol. The summed E-state index contributed by atoms with van der Waals surface area (Å²) in [6, 6.07) is 12.2. The zero-order chi connectivity index (χ0) is 17.7. The minimum atomic E-state index is -0.615. The average molecular weight is 346 g/mol. The molecule has 0 fully saturated rings. The Kier molecular flexibility index (Phi) is 5.51. The average Bonchev–Trinajstić information content (AvgIpc) is 2.55. The summed E-state index contributed by atoms with van der Waals surface area (Å²) in [6.07, 6.45) is 0. The molecule has 0 aliphatic heterocycles. The third-order valence-corrected chi connectivity index (χ3v) is 3.51. The van der Waals surface area contributed by atoms with Crippen molar-refractivity contribution in [1.82, 2.24) is 0 Å². The van der Waals surface area contributed by atoms with E-state index >= 15 is 0 Å². The largest absolute Gasteiger partial charge is 0.323 e. The summed E-state index contributed by atoms with van der Waals surface area (Å²) in [5.41, 5.74) is 0.966. The van der Waals surface area contributed by atoms with Gasteiger partial charge in [-0.1, -0.05) is 23.7 Å². The summed E-state index contributed by atoms with van der Waals surface area (Å²) in [4.78, 5) is 25.2. The molecule has 0 aliphatic carbocycles. The SMILES string of the molecule is CC(=O)N(CC(=O)Nc1ccccc1C#N)c1ccc(F)c(Cl)c1. The Balaban J connectivity index is 2.19. The number of hydrogen-bond acceptors (Lipinski definition) is 3. The van der Waals surface area contributed by atoms with Crippen molar-refractivity contribution < 1.29 is 14.0 Å². The highest BCUT2D eigenvalue weighted by molar-refractivity contribution is 6.31. The Morgan fingerprint density at radius 3 is 2.62 bits per heavy atom. The molecule has 0 saturated carbocycles. The van der Waals surface area contributed by atoms with Crippen LogP contribution in [0.2, 0.25) is 5.02 Å². The van der Waals surface area contributed by atoms with Gasteiger partial charge in [-0.15, -0.1) is 0 Å². The quantitative estimate of drug-likeness (QED) is 0.923. The van der Waals surface area contributed by atoms with Gasteiger partial charge in [0.1, 0.15) is 18.4 Å². The first-order chi connectivity index (χ1) is 11.4. The minimum absolute atomic E-state index is 0.144. The lowest BCUT2D eigenvalue weighted by atomic mass is 10.2. The van der Waals surface area contributed by atoms with Crippen molar-refractivity contribution in [2.45, 2.75) is 6.92 Å². The van der Waals surface area contributed by atoms with Crippen LogP contribution in [0.1, 0.15) is 12.5 Å². The monoisotopic (exact) mass is 345 g/mol. The van der Waals surface area contributed by atoms with Crippen molar-refractivity contribution >= 4 is 34.8 Å². The summed E-state index contributed by atoms with van der Waals surface area (Å²) in [5.74, 6) is -1.51. The third kappa shape index (κ3) is 4.09. The lowest BCUT2D eigenvalue weighted by molar-refractivity contribution is -0.120. The third-order valence-electron chi connectivity index (χ3n) is 3.22. The van der Waals surface area contributed by atoms with E-state index in [4.69, 9.17) is 16.9 Å². The van der Waals surface area contributed by atoms with Crippen LogP contribution >= 0.6 is 11.6 Å². The van der Waals surface area contributed by atoms with E-state index in [1.165, 1.54) is 19.1 Å². The highest BCUT2D eigenvalue weighted by Crippen LogP contribution is 2.23. The van der Waals surface area contributed by atoms with Gasteiger partial charge in [-0.3, -0.25) is 9.59 Å². The fourth-order valence-electron chi connectivity index (χ4n) is 2.06. The van der Waals surface area contributed by atoms with Gasteiger partial charge in [0.25, 0.3) is 0 Å². The summed E-state index contributed by atoms with van der Waals surface area (Å²) >= 11 is 5.72. The molecule has 2 aromatic carbocycles. The van der Waals surface area contributed by atoms with Gasteiger partial charge in [0, 0.05) is 12.6 Å². The number of amides is 2. The van der Waals surface area contributed by atoms with Crippen LogP contribution in [-0.2, 0) is 9.59 Å². The number of benzene rings is 2. The van der Waals surface area contributed by atoms with E-state index in [1.54, 1.807) is 24.3 Å². The van der Waals surface area contributed by atoms with Crippen molar-refractivity contribution in [1.29, 1.82) is 5.26 Å². The Morgan fingerprint density at radius 1 is 1.29 bits per heavy atom. The summed E-state index contributed by atoms with van der Waals surface area (Å²) < 4.78 is 13.3. The number of hydrogen-bond donors (Lipinski definition) is 1. The van der Waals surface area contributed by atoms with E-state index in [1.807, 2.05) is 6.07 Å². The van der Waals surface area contributed by atoms with Crippen LogP contribution in [0.5, 0.6) is 0 Å². The van der Waals surface area contributed by atoms with E-state index in [0.29, 0.717) is 16.9 Å². The smallest absolute Gasteiger partial charge is 0.244 e. The van der Waals surface area contributed by atoms with Crippen LogP contribution in [0.4, 0.5) is 15.8 Å². The standard InChI is InChI=1S/C17H13ClFN3O2/c1-11(23)22(13-6-7-15(19)14(18)8-13)10-17(24)21-16-5-3-2-4-12(16)9-20/h2-8H,10H2,1H3,(H,21,24). The van der Waals surface area contributed by atoms with E-state index in [0.717, 1.165) is 11.0 Å². The second-order valence-electron chi connectivity index (χ2n) is 4.91. The zero-order valence-corrected chi connectivity index (χ0v) is 13.5. The molecule has 0 aliphatic rings. The van der Waals surface area contributed by atoms with Crippen molar-refractivity contribution in [3.05, 3.63) is 58.9 Å². The number of para-hydroxylation sites is 1. The maximum absolute atomic E-state index is 13.3. The van der Waals surface area contributed by atoms with Crippen LogP contribution in [0, 0.1) is 17.1 Å². The predicted octanol–water partition coefficient (Wildman–Crippen LogP) is 3.34. The molecule has 0 unspecified atom stereocenters. The van der Waals surface area contributed by atoms with Crippen LogP contribution in [0.15, 0.2) is 42.5 Å². The van der Waals surface area contributed by atoms with Crippen LogP contribution in [0.3, 0.4) is 0 Å². The van der Waals surface area contributed by atoms with Gasteiger partial charge in [-0.2, -0.15) is 5.26 Å². The topological polar surface area (TPSA) is 73.2 Å². The maximum atomic E-state index is 13.3. The molecule has 5 nitrogen and oxygen atoms in total. The fourth-order valence-corrected chi connectivity index (χ4v) is 2.24. The zero-order valence-electron chi connectivity index (χ0n) is 12.7.